The molecule has 0 aromatic carbocycles. The SMILES string of the molecule is CCc1cc(NC(=O)C(C)CCCC(C)N)n[nH]1. The second-order valence-corrected chi connectivity index (χ2v) is 4.93. The fraction of sp³-hybridized carbons (Fsp3) is 0.692. The second kappa shape index (κ2) is 7.16. The molecule has 0 spiro atoms. The monoisotopic (exact) mass is 252 g/mol. The van der Waals surface area contributed by atoms with Gasteiger partial charge in [0.05, 0.1) is 0 Å². The highest BCUT2D eigenvalue weighted by atomic mass is 16.1. The van der Waals surface area contributed by atoms with E-state index in [1.807, 2.05) is 26.8 Å². The largest absolute Gasteiger partial charge is 0.328 e. The summed E-state index contributed by atoms with van der Waals surface area (Å²) in [6.07, 6.45) is 3.68. The normalized spacial score (nSPS) is 14.2. The Balaban J connectivity index is 2.35. The Morgan fingerprint density at radius 1 is 1.50 bits per heavy atom. The zero-order chi connectivity index (χ0) is 13.5. The molecule has 18 heavy (non-hydrogen) atoms. The highest BCUT2D eigenvalue weighted by Crippen LogP contribution is 2.12. The van der Waals surface area contributed by atoms with Crippen molar-refractivity contribution >= 4 is 11.7 Å². The topological polar surface area (TPSA) is 83.8 Å². The summed E-state index contributed by atoms with van der Waals surface area (Å²) >= 11 is 0. The molecule has 0 saturated heterocycles. The zero-order valence-electron chi connectivity index (χ0n) is 11.5. The van der Waals surface area contributed by atoms with E-state index in [1.165, 1.54) is 0 Å². The van der Waals surface area contributed by atoms with Crippen LogP contribution in [0.15, 0.2) is 6.07 Å². The summed E-state index contributed by atoms with van der Waals surface area (Å²) in [5.74, 6) is 0.621. The smallest absolute Gasteiger partial charge is 0.228 e. The number of nitrogens with two attached hydrogens (primary N) is 1. The van der Waals surface area contributed by atoms with Crippen molar-refractivity contribution in [1.82, 2.24) is 10.2 Å². The van der Waals surface area contributed by atoms with Crippen LogP contribution < -0.4 is 11.1 Å². The van der Waals surface area contributed by atoms with Crippen LogP contribution >= 0.6 is 0 Å². The van der Waals surface area contributed by atoms with Gasteiger partial charge >= 0.3 is 0 Å². The first-order valence-electron chi connectivity index (χ1n) is 6.63. The lowest BCUT2D eigenvalue weighted by molar-refractivity contribution is -0.119. The Labute approximate surface area is 109 Å². The molecule has 1 aromatic rings. The summed E-state index contributed by atoms with van der Waals surface area (Å²) in [4.78, 5) is 11.9. The van der Waals surface area contributed by atoms with Crippen LogP contribution in [0.2, 0.25) is 0 Å². The number of nitrogens with one attached hydrogen (secondary N) is 2. The van der Waals surface area contributed by atoms with Crippen molar-refractivity contribution < 1.29 is 4.79 Å². The van der Waals surface area contributed by atoms with Gasteiger partial charge in [-0.1, -0.05) is 20.3 Å². The Bertz CT molecular complexity index is 373. The molecule has 1 aromatic heterocycles. The quantitative estimate of drug-likeness (QED) is 0.694. The fourth-order valence-electron chi connectivity index (χ4n) is 1.73. The Kier molecular flexibility index (Phi) is 5.85. The number of amides is 1. The van der Waals surface area contributed by atoms with Crippen LogP contribution in [0.25, 0.3) is 0 Å². The third-order valence-corrected chi connectivity index (χ3v) is 3.01. The molecule has 0 saturated carbocycles. The number of aryl methyl sites for hydroxylation is 1. The number of hydrogen-bond acceptors (Lipinski definition) is 3. The lowest BCUT2D eigenvalue weighted by Crippen LogP contribution is -2.21. The molecule has 5 heteroatoms. The minimum absolute atomic E-state index is 0.00877. The molecule has 0 fully saturated rings. The van der Waals surface area contributed by atoms with Crippen LogP contribution in [0.3, 0.4) is 0 Å². The maximum atomic E-state index is 11.9. The van der Waals surface area contributed by atoms with Gasteiger partial charge in [0.25, 0.3) is 0 Å². The minimum Gasteiger partial charge on any atom is -0.328 e. The van der Waals surface area contributed by atoms with E-state index >= 15 is 0 Å². The van der Waals surface area contributed by atoms with Crippen molar-refractivity contribution in [3.63, 3.8) is 0 Å². The van der Waals surface area contributed by atoms with Gasteiger partial charge in [-0.15, -0.1) is 0 Å². The molecule has 2 unspecified atom stereocenters. The molecular weight excluding hydrogens is 228 g/mol. The molecular formula is C13H24N4O. The van der Waals surface area contributed by atoms with E-state index in [-0.39, 0.29) is 17.9 Å². The van der Waals surface area contributed by atoms with Gasteiger partial charge in [0, 0.05) is 23.7 Å². The highest BCUT2D eigenvalue weighted by Gasteiger charge is 2.14. The number of hydrogen-bond donors (Lipinski definition) is 3. The van der Waals surface area contributed by atoms with Gasteiger partial charge in [-0.05, 0) is 26.2 Å². The van der Waals surface area contributed by atoms with Gasteiger partial charge in [0.1, 0.15) is 0 Å². The first-order chi connectivity index (χ1) is 8.52. The minimum atomic E-state index is -0.00877. The average Bonchev–Trinajstić information content (AvgIpc) is 2.76. The van der Waals surface area contributed by atoms with E-state index < -0.39 is 0 Å². The predicted molar refractivity (Wildman–Crippen MR) is 73.3 cm³/mol. The molecule has 0 radical (unpaired) electrons. The summed E-state index contributed by atoms with van der Waals surface area (Å²) in [6, 6.07) is 2.07. The Morgan fingerprint density at radius 2 is 2.22 bits per heavy atom. The lowest BCUT2D eigenvalue weighted by Gasteiger charge is -2.11. The zero-order valence-corrected chi connectivity index (χ0v) is 11.5. The fourth-order valence-corrected chi connectivity index (χ4v) is 1.73. The van der Waals surface area contributed by atoms with Crippen LogP contribution in [0.1, 0.15) is 45.7 Å². The van der Waals surface area contributed by atoms with Gasteiger partial charge in [0.2, 0.25) is 5.91 Å². The maximum Gasteiger partial charge on any atom is 0.228 e. The number of aromatic amines is 1. The van der Waals surface area contributed by atoms with Crippen molar-refractivity contribution in [1.29, 1.82) is 0 Å². The van der Waals surface area contributed by atoms with Crippen molar-refractivity contribution in [2.75, 3.05) is 5.32 Å². The number of H-pyrrole nitrogens is 1. The number of carbonyl (C=O) groups is 1. The van der Waals surface area contributed by atoms with Crippen LogP contribution in [0.4, 0.5) is 5.82 Å². The predicted octanol–water partition coefficient (Wildman–Crippen LogP) is 2.06. The van der Waals surface area contributed by atoms with Crippen LogP contribution in [-0.4, -0.2) is 22.1 Å². The first-order valence-corrected chi connectivity index (χ1v) is 6.63. The van der Waals surface area contributed by atoms with E-state index in [0.717, 1.165) is 31.4 Å². The molecule has 1 heterocycles. The Morgan fingerprint density at radius 3 is 2.78 bits per heavy atom. The summed E-state index contributed by atoms with van der Waals surface area (Å²) in [5.41, 5.74) is 6.70. The molecule has 4 N–H and O–H groups in total. The standard InChI is InChI=1S/C13H24N4O/c1-4-11-8-12(17-16-11)15-13(18)9(2)6-5-7-10(3)14/h8-10H,4-7,14H2,1-3H3,(H2,15,16,17,18). The van der Waals surface area contributed by atoms with Crippen molar-refractivity contribution in [2.24, 2.45) is 11.7 Å². The van der Waals surface area contributed by atoms with Gasteiger partial charge in [-0.2, -0.15) is 5.10 Å². The Hall–Kier alpha value is -1.36. The van der Waals surface area contributed by atoms with Gasteiger partial charge in [-0.3, -0.25) is 9.89 Å². The molecule has 0 aliphatic rings. The van der Waals surface area contributed by atoms with Crippen molar-refractivity contribution in [2.45, 2.75) is 52.5 Å². The number of carbonyl (C=O) groups excluding carboxylic acids is 1. The van der Waals surface area contributed by atoms with Crippen LogP contribution in [-0.2, 0) is 11.2 Å². The number of nitrogens with zero attached hydrogens (tertiary/aromatic N) is 1. The van der Waals surface area contributed by atoms with E-state index in [4.69, 9.17) is 5.73 Å². The van der Waals surface area contributed by atoms with E-state index in [9.17, 15) is 4.79 Å². The molecule has 0 aliphatic carbocycles. The highest BCUT2D eigenvalue weighted by molar-refractivity contribution is 5.91. The summed E-state index contributed by atoms with van der Waals surface area (Å²) < 4.78 is 0. The van der Waals surface area contributed by atoms with Crippen LogP contribution in [0.5, 0.6) is 0 Å². The lowest BCUT2D eigenvalue weighted by atomic mass is 10.0. The van der Waals surface area contributed by atoms with Gasteiger partial charge in [-0.25, -0.2) is 0 Å². The number of anilines is 1. The van der Waals surface area contributed by atoms with Gasteiger partial charge < -0.3 is 11.1 Å². The van der Waals surface area contributed by atoms with Crippen LogP contribution in [0, 0.1) is 5.92 Å². The first kappa shape index (κ1) is 14.7. The third-order valence-electron chi connectivity index (χ3n) is 3.01. The van der Waals surface area contributed by atoms with Crippen molar-refractivity contribution in [3.05, 3.63) is 11.8 Å². The van der Waals surface area contributed by atoms with Gasteiger partial charge in [0.15, 0.2) is 5.82 Å². The molecule has 1 amide bonds. The number of aromatic nitrogens is 2. The summed E-state index contributed by atoms with van der Waals surface area (Å²) in [6.45, 7) is 5.96. The molecule has 0 bridgehead atoms. The van der Waals surface area contributed by atoms with E-state index in [2.05, 4.69) is 15.5 Å². The molecule has 1 rings (SSSR count). The molecule has 2 atom stereocenters. The van der Waals surface area contributed by atoms with Crippen molar-refractivity contribution in [3.8, 4) is 0 Å². The molecule has 0 aliphatic heterocycles. The maximum absolute atomic E-state index is 11.9. The third kappa shape index (κ3) is 4.87. The summed E-state index contributed by atoms with van der Waals surface area (Å²) in [5, 5.41) is 9.74. The molecule has 5 nitrogen and oxygen atoms in total. The molecule has 102 valence electrons. The average molecular weight is 252 g/mol. The number of rotatable bonds is 7. The van der Waals surface area contributed by atoms with E-state index in [1.54, 1.807) is 0 Å². The summed E-state index contributed by atoms with van der Waals surface area (Å²) in [7, 11) is 0. The second-order valence-electron chi connectivity index (χ2n) is 4.93. The van der Waals surface area contributed by atoms with E-state index in [0.29, 0.717) is 5.82 Å².